The Kier molecular flexibility index (Phi) is 11.8. The standard InChI is InChI=1S/C21H28ClN3O3.HI/c1-4-23-21(24-12-11-15-7-5-6-8-18(15)22)25-14-19(26)17-13-16(27-2)9-10-20(17)28-3;/h5-10,13,19,26H,4,11-12,14H2,1-3H3,(H2,23,24,25);1H. The highest BCUT2D eigenvalue weighted by atomic mass is 127. The molecule has 0 spiro atoms. The van der Waals surface area contributed by atoms with Crippen molar-refractivity contribution >= 4 is 41.5 Å². The monoisotopic (exact) mass is 533 g/mol. The molecule has 0 aliphatic carbocycles. The Hall–Kier alpha value is -1.71. The molecule has 0 saturated heterocycles. The lowest BCUT2D eigenvalue weighted by atomic mass is 10.1. The van der Waals surface area contributed by atoms with E-state index in [1.54, 1.807) is 32.4 Å². The molecule has 0 heterocycles. The van der Waals surface area contributed by atoms with Gasteiger partial charge in [0.05, 0.1) is 20.8 Å². The average molecular weight is 534 g/mol. The largest absolute Gasteiger partial charge is 0.497 e. The quantitative estimate of drug-likeness (QED) is 0.260. The number of hydrogen-bond donors (Lipinski definition) is 3. The number of hydrogen-bond acceptors (Lipinski definition) is 4. The second-order valence-corrected chi connectivity index (χ2v) is 6.52. The highest BCUT2D eigenvalue weighted by Gasteiger charge is 2.14. The van der Waals surface area contributed by atoms with Crippen molar-refractivity contribution in [1.82, 2.24) is 10.6 Å². The van der Waals surface area contributed by atoms with Crippen molar-refractivity contribution in [3.63, 3.8) is 0 Å². The van der Waals surface area contributed by atoms with Crippen molar-refractivity contribution in [2.75, 3.05) is 33.9 Å². The number of rotatable bonds is 9. The number of aliphatic imine (C=N–C) groups is 1. The number of aliphatic hydroxyl groups excluding tert-OH is 1. The van der Waals surface area contributed by atoms with Crippen LogP contribution in [0.1, 0.15) is 24.2 Å². The van der Waals surface area contributed by atoms with Crippen LogP contribution in [-0.4, -0.2) is 44.9 Å². The second kappa shape index (κ2) is 13.5. The van der Waals surface area contributed by atoms with Crippen molar-refractivity contribution in [3.8, 4) is 11.5 Å². The number of benzene rings is 2. The van der Waals surface area contributed by atoms with Crippen LogP contribution in [0.25, 0.3) is 0 Å². The molecule has 1 unspecified atom stereocenters. The van der Waals surface area contributed by atoms with E-state index >= 15 is 0 Å². The van der Waals surface area contributed by atoms with Gasteiger partial charge in [0.1, 0.15) is 17.6 Å². The van der Waals surface area contributed by atoms with Crippen LogP contribution in [0.5, 0.6) is 11.5 Å². The van der Waals surface area contributed by atoms with Gasteiger partial charge in [0, 0.05) is 23.7 Å². The SMILES string of the molecule is CCNC(=NCC(O)c1cc(OC)ccc1OC)NCCc1ccccc1Cl.I. The van der Waals surface area contributed by atoms with Crippen LogP contribution in [0.15, 0.2) is 47.5 Å². The summed E-state index contributed by atoms with van der Waals surface area (Å²) in [6.07, 6.45) is -0.0415. The Labute approximate surface area is 194 Å². The maximum atomic E-state index is 10.6. The number of aliphatic hydroxyl groups is 1. The van der Waals surface area contributed by atoms with E-state index in [1.807, 2.05) is 31.2 Å². The van der Waals surface area contributed by atoms with Gasteiger partial charge in [0.15, 0.2) is 5.96 Å². The van der Waals surface area contributed by atoms with E-state index < -0.39 is 6.10 Å². The molecule has 0 radical (unpaired) electrons. The zero-order chi connectivity index (χ0) is 20.4. The molecule has 8 heteroatoms. The van der Waals surface area contributed by atoms with Crippen LogP contribution in [0.2, 0.25) is 5.02 Å². The molecular formula is C21H29ClIN3O3. The summed E-state index contributed by atoms with van der Waals surface area (Å²) in [5, 5.41) is 17.8. The fraction of sp³-hybridized carbons (Fsp3) is 0.381. The molecule has 0 amide bonds. The maximum absolute atomic E-state index is 10.6. The van der Waals surface area contributed by atoms with Crippen molar-refractivity contribution in [2.24, 2.45) is 4.99 Å². The Balaban J connectivity index is 0.00000420. The minimum atomic E-state index is -0.816. The van der Waals surface area contributed by atoms with Crippen molar-refractivity contribution in [1.29, 1.82) is 0 Å². The number of methoxy groups -OCH3 is 2. The minimum Gasteiger partial charge on any atom is -0.497 e. The van der Waals surface area contributed by atoms with Gasteiger partial charge in [-0.2, -0.15) is 0 Å². The normalized spacial score (nSPS) is 12.0. The zero-order valence-electron chi connectivity index (χ0n) is 16.9. The van der Waals surface area contributed by atoms with Crippen molar-refractivity contribution in [2.45, 2.75) is 19.4 Å². The molecule has 2 aromatic rings. The van der Waals surface area contributed by atoms with Gasteiger partial charge in [-0.1, -0.05) is 29.8 Å². The number of halogens is 2. The molecule has 160 valence electrons. The molecule has 0 bridgehead atoms. The van der Waals surface area contributed by atoms with Crippen LogP contribution < -0.4 is 20.1 Å². The molecule has 3 N–H and O–H groups in total. The van der Waals surface area contributed by atoms with Gasteiger partial charge in [-0.05, 0) is 43.2 Å². The molecule has 0 aliphatic heterocycles. The van der Waals surface area contributed by atoms with Crippen LogP contribution in [0.4, 0.5) is 0 Å². The van der Waals surface area contributed by atoms with Crippen LogP contribution in [0.3, 0.4) is 0 Å². The lowest BCUT2D eigenvalue weighted by Crippen LogP contribution is -2.38. The summed E-state index contributed by atoms with van der Waals surface area (Å²) in [5.41, 5.74) is 1.71. The summed E-state index contributed by atoms with van der Waals surface area (Å²) >= 11 is 6.20. The third-order valence-corrected chi connectivity index (χ3v) is 4.58. The van der Waals surface area contributed by atoms with Gasteiger partial charge >= 0.3 is 0 Å². The molecule has 2 rings (SSSR count). The molecule has 6 nitrogen and oxygen atoms in total. The summed E-state index contributed by atoms with van der Waals surface area (Å²) in [4.78, 5) is 4.49. The molecule has 29 heavy (non-hydrogen) atoms. The lowest BCUT2D eigenvalue weighted by Gasteiger charge is -2.16. The fourth-order valence-corrected chi connectivity index (χ4v) is 2.96. The fourth-order valence-electron chi connectivity index (χ4n) is 2.73. The first-order valence-electron chi connectivity index (χ1n) is 9.24. The summed E-state index contributed by atoms with van der Waals surface area (Å²) < 4.78 is 10.6. The average Bonchev–Trinajstić information content (AvgIpc) is 2.72. The lowest BCUT2D eigenvalue weighted by molar-refractivity contribution is 0.182. The Morgan fingerprint density at radius 3 is 2.55 bits per heavy atom. The van der Waals surface area contributed by atoms with E-state index in [-0.39, 0.29) is 30.5 Å². The first-order chi connectivity index (χ1) is 13.6. The van der Waals surface area contributed by atoms with Crippen LogP contribution in [0, 0.1) is 0 Å². The summed E-state index contributed by atoms with van der Waals surface area (Å²) in [6.45, 7) is 3.57. The number of nitrogens with one attached hydrogen (secondary N) is 2. The minimum absolute atomic E-state index is 0. The van der Waals surface area contributed by atoms with Gasteiger partial charge in [0.25, 0.3) is 0 Å². The Morgan fingerprint density at radius 1 is 1.14 bits per heavy atom. The molecule has 0 saturated carbocycles. The number of guanidine groups is 1. The first-order valence-corrected chi connectivity index (χ1v) is 9.62. The maximum Gasteiger partial charge on any atom is 0.191 e. The summed E-state index contributed by atoms with van der Waals surface area (Å²) in [6, 6.07) is 13.1. The van der Waals surface area contributed by atoms with Gasteiger partial charge < -0.3 is 25.2 Å². The first kappa shape index (κ1) is 25.3. The Bertz CT molecular complexity index is 790. The topological polar surface area (TPSA) is 75.1 Å². The molecule has 1 atom stereocenters. The van der Waals surface area contributed by atoms with Gasteiger partial charge in [-0.3, -0.25) is 4.99 Å². The number of nitrogens with zero attached hydrogens (tertiary/aromatic N) is 1. The summed E-state index contributed by atoms with van der Waals surface area (Å²) in [7, 11) is 3.16. The predicted octanol–water partition coefficient (Wildman–Crippen LogP) is 3.81. The van der Waals surface area contributed by atoms with Gasteiger partial charge in [-0.15, -0.1) is 24.0 Å². The van der Waals surface area contributed by atoms with E-state index in [0.717, 1.165) is 23.6 Å². The summed E-state index contributed by atoms with van der Waals surface area (Å²) in [5.74, 6) is 1.89. The van der Waals surface area contributed by atoms with Crippen LogP contribution >= 0.6 is 35.6 Å². The van der Waals surface area contributed by atoms with E-state index in [1.165, 1.54) is 0 Å². The smallest absolute Gasteiger partial charge is 0.191 e. The molecule has 0 fully saturated rings. The van der Waals surface area contributed by atoms with Crippen molar-refractivity contribution in [3.05, 3.63) is 58.6 Å². The van der Waals surface area contributed by atoms with Gasteiger partial charge in [0.2, 0.25) is 0 Å². The van der Waals surface area contributed by atoms with E-state index in [2.05, 4.69) is 15.6 Å². The molecule has 2 aromatic carbocycles. The molecule has 0 aromatic heterocycles. The predicted molar refractivity (Wildman–Crippen MR) is 129 cm³/mol. The highest BCUT2D eigenvalue weighted by Crippen LogP contribution is 2.29. The van der Waals surface area contributed by atoms with E-state index in [9.17, 15) is 5.11 Å². The van der Waals surface area contributed by atoms with E-state index in [0.29, 0.717) is 29.6 Å². The highest BCUT2D eigenvalue weighted by molar-refractivity contribution is 14.0. The number of ether oxygens (including phenoxy) is 2. The third-order valence-electron chi connectivity index (χ3n) is 4.21. The second-order valence-electron chi connectivity index (χ2n) is 6.11. The van der Waals surface area contributed by atoms with Gasteiger partial charge in [-0.25, -0.2) is 0 Å². The molecule has 0 aliphatic rings. The van der Waals surface area contributed by atoms with E-state index in [4.69, 9.17) is 21.1 Å². The van der Waals surface area contributed by atoms with Crippen LogP contribution in [-0.2, 0) is 6.42 Å². The van der Waals surface area contributed by atoms with Crippen molar-refractivity contribution < 1.29 is 14.6 Å². The molecular weight excluding hydrogens is 505 g/mol. The zero-order valence-corrected chi connectivity index (χ0v) is 20.0. The third kappa shape index (κ3) is 7.91. The Morgan fingerprint density at radius 2 is 1.90 bits per heavy atom.